The van der Waals surface area contributed by atoms with E-state index >= 15 is 0 Å². The van der Waals surface area contributed by atoms with Crippen LogP contribution in [0.25, 0.3) is 6.08 Å². The van der Waals surface area contributed by atoms with E-state index in [0.717, 1.165) is 67.9 Å². The van der Waals surface area contributed by atoms with Gasteiger partial charge in [-0.1, -0.05) is 92.2 Å². The van der Waals surface area contributed by atoms with Crippen LogP contribution < -0.4 is 9.80 Å². The van der Waals surface area contributed by atoms with Crippen LogP contribution in [0, 0.1) is 0 Å². The second-order valence-corrected chi connectivity index (χ2v) is 15.3. The Kier molecular flexibility index (Phi) is 14.0. The fraction of sp³-hybridized carbons (Fsp3) is 0.383. The predicted molar refractivity (Wildman–Crippen MR) is 227 cm³/mol. The van der Waals surface area contributed by atoms with Crippen LogP contribution in [0.15, 0.2) is 109 Å². The van der Waals surface area contributed by atoms with Crippen molar-refractivity contribution < 1.29 is 14.4 Å². The number of carbonyl (C=O) groups excluding carboxylic acids is 3. The Bertz CT molecular complexity index is 1890. The van der Waals surface area contributed by atoms with Crippen molar-refractivity contribution in [1.29, 1.82) is 0 Å². The maximum Gasteiger partial charge on any atom is 0.247 e. The number of hydrogen-bond acceptors (Lipinski definition) is 6. The number of piperazine rings is 2. The van der Waals surface area contributed by atoms with E-state index in [1.807, 2.05) is 60.3 Å². The molecule has 4 aromatic carbocycles. The van der Waals surface area contributed by atoms with E-state index in [9.17, 15) is 14.4 Å². The van der Waals surface area contributed by atoms with Crippen molar-refractivity contribution in [3.8, 4) is 0 Å². The molecule has 2 fully saturated rings. The highest BCUT2D eigenvalue weighted by Crippen LogP contribution is 2.23. The average molecular weight is 755 g/mol. The van der Waals surface area contributed by atoms with Crippen molar-refractivity contribution in [3.63, 3.8) is 0 Å². The normalized spacial score (nSPS) is 15.5. The van der Waals surface area contributed by atoms with E-state index in [0.29, 0.717) is 39.1 Å². The maximum atomic E-state index is 14.8. The first-order valence-electron chi connectivity index (χ1n) is 20.1. The highest BCUT2D eigenvalue weighted by molar-refractivity contribution is 5.96. The molecule has 294 valence electrons. The van der Waals surface area contributed by atoms with E-state index in [4.69, 9.17) is 0 Å². The number of aryl methyl sites for hydroxylation is 1. The average Bonchev–Trinajstić information content (AvgIpc) is 3.22. The SMILES string of the molecule is CCCc1ccc(C=CC(=O)N(Cc2ccc(N3CCN(C(C)=O)CC3)cc2)[C@@H](Cc2ccccc2)C(=O)N2CCN(Cc3ccc(N(C)C)cc3)CC2)cc1. The van der Waals surface area contributed by atoms with Crippen molar-refractivity contribution >= 4 is 35.2 Å². The fourth-order valence-corrected chi connectivity index (χ4v) is 7.64. The minimum Gasteiger partial charge on any atom is -0.378 e. The molecule has 0 spiro atoms. The number of hydrogen-bond donors (Lipinski definition) is 0. The topological polar surface area (TPSA) is 70.6 Å². The van der Waals surface area contributed by atoms with Gasteiger partial charge in [-0.3, -0.25) is 19.3 Å². The Morgan fingerprint density at radius 3 is 1.89 bits per heavy atom. The predicted octanol–water partition coefficient (Wildman–Crippen LogP) is 6.37. The molecule has 2 heterocycles. The second-order valence-electron chi connectivity index (χ2n) is 15.3. The number of carbonyl (C=O) groups is 3. The van der Waals surface area contributed by atoms with E-state index in [2.05, 4.69) is 94.4 Å². The van der Waals surface area contributed by atoms with Crippen LogP contribution in [0.5, 0.6) is 0 Å². The summed E-state index contributed by atoms with van der Waals surface area (Å²) in [4.78, 5) is 53.5. The van der Waals surface area contributed by atoms with Crippen molar-refractivity contribution in [1.82, 2.24) is 19.6 Å². The van der Waals surface area contributed by atoms with Gasteiger partial charge in [-0.05, 0) is 64.6 Å². The quantitative estimate of drug-likeness (QED) is 0.140. The molecule has 6 rings (SSSR count). The first kappa shape index (κ1) is 40.3. The van der Waals surface area contributed by atoms with Crippen LogP contribution in [0.3, 0.4) is 0 Å². The van der Waals surface area contributed by atoms with Crippen LogP contribution in [0.2, 0.25) is 0 Å². The zero-order valence-corrected chi connectivity index (χ0v) is 33.6. The molecule has 0 saturated carbocycles. The summed E-state index contributed by atoms with van der Waals surface area (Å²) in [5.74, 6) is -0.101. The number of anilines is 2. The van der Waals surface area contributed by atoms with Crippen molar-refractivity contribution in [2.45, 2.75) is 52.2 Å². The molecule has 3 amide bonds. The lowest BCUT2D eigenvalue weighted by Gasteiger charge is -2.39. The number of amides is 3. The molecular weight excluding hydrogens is 697 g/mol. The van der Waals surface area contributed by atoms with Crippen LogP contribution in [0.4, 0.5) is 11.4 Å². The maximum absolute atomic E-state index is 14.8. The molecule has 0 radical (unpaired) electrons. The van der Waals surface area contributed by atoms with Gasteiger partial charge in [0.2, 0.25) is 17.7 Å². The van der Waals surface area contributed by atoms with E-state index < -0.39 is 6.04 Å². The van der Waals surface area contributed by atoms with Gasteiger partial charge in [0.25, 0.3) is 0 Å². The Labute approximate surface area is 333 Å². The molecule has 9 nitrogen and oxygen atoms in total. The third-order valence-electron chi connectivity index (χ3n) is 11.1. The summed E-state index contributed by atoms with van der Waals surface area (Å²) in [6.45, 7) is 10.6. The van der Waals surface area contributed by atoms with Crippen LogP contribution in [-0.4, -0.2) is 110 Å². The van der Waals surface area contributed by atoms with Gasteiger partial charge in [0.1, 0.15) is 6.04 Å². The van der Waals surface area contributed by atoms with Gasteiger partial charge in [0.05, 0.1) is 0 Å². The highest BCUT2D eigenvalue weighted by Gasteiger charge is 2.34. The molecular formula is C47H58N6O3. The summed E-state index contributed by atoms with van der Waals surface area (Å²) in [6, 6.07) is 34.7. The van der Waals surface area contributed by atoms with Crippen molar-refractivity contribution in [3.05, 3.63) is 137 Å². The molecule has 0 aliphatic carbocycles. The van der Waals surface area contributed by atoms with Gasteiger partial charge in [-0.15, -0.1) is 0 Å². The van der Waals surface area contributed by atoms with Crippen molar-refractivity contribution in [2.24, 2.45) is 0 Å². The highest BCUT2D eigenvalue weighted by atomic mass is 16.2. The summed E-state index contributed by atoms with van der Waals surface area (Å²) in [7, 11) is 4.09. The third-order valence-corrected chi connectivity index (χ3v) is 11.1. The molecule has 9 heteroatoms. The number of rotatable bonds is 14. The fourth-order valence-electron chi connectivity index (χ4n) is 7.64. The Morgan fingerprint density at radius 1 is 0.679 bits per heavy atom. The second kappa shape index (κ2) is 19.4. The summed E-state index contributed by atoms with van der Waals surface area (Å²) in [6.07, 6.45) is 6.01. The molecule has 0 N–H and O–H groups in total. The molecule has 56 heavy (non-hydrogen) atoms. The van der Waals surface area contributed by atoms with Crippen molar-refractivity contribution in [2.75, 3.05) is 76.3 Å². The Hall–Kier alpha value is -5.41. The monoisotopic (exact) mass is 754 g/mol. The van der Waals surface area contributed by atoms with Gasteiger partial charge >= 0.3 is 0 Å². The largest absolute Gasteiger partial charge is 0.378 e. The molecule has 2 saturated heterocycles. The molecule has 1 atom stereocenters. The molecule has 0 aromatic heterocycles. The van der Waals surface area contributed by atoms with E-state index in [-0.39, 0.29) is 17.7 Å². The van der Waals surface area contributed by atoms with Gasteiger partial charge in [-0.25, -0.2) is 0 Å². The van der Waals surface area contributed by atoms with Crippen LogP contribution in [-0.2, 0) is 40.3 Å². The first-order valence-corrected chi connectivity index (χ1v) is 20.1. The zero-order chi connectivity index (χ0) is 39.4. The summed E-state index contributed by atoms with van der Waals surface area (Å²) in [5.41, 5.74) is 7.71. The first-order chi connectivity index (χ1) is 27.2. The standard InChI is InChI=1S/C47H58N6O3/c1-5-9-38-12-14-39(15-13-38)20-25-46(55)53(36-42-18-23-44(24-19-42)51-32-30-50(31-33-51)37(2)54)45(34-40-10-7-6-8-11-40)47(56)52-28-26-49(27-29-52)35-41-16-21-43(22-17-41)48(3)4/h6-8,10-25,45H,5,9,26-36H2,1-4H3/t45-/m0/s1. The summed E-state index contributed by atoms with van der Waals surface area (Å²) >= 11 is 0. The molecule has 4 aromatic rings. The molecule has 2 aliphatic rings. The zero-order valence-electron chi connectivity index (χ0n) is 33.6. The Morgan fingerprint density at radius 2 is 1.29 bits per heavy atom. The number of nitrogens with zero attached hydrogens (tertiary/aromatic N) is 6. The minimum absolute atomic E-state index is 0.0190. The van der Waals surface area contributed by atoms with Crippen LogP contribution >= 0.6 is 0 Å². The minimum atomic E-state index is -0.689. The lowest BCUT2D eigenvalue weighted by molar-refractivity contribution is -0.145. The molecule has 0 bridgehead atoms. The molecule has 0 unspecified atom stereocenters. The number of benzene rings is 4. The van der Waals surface area contributed by atoms with Crippen LogP contribution in [0.1, 0.15) is 48.1 Å². The lowest BCUT2D eigenvalue weighted by atomic mass is 10.0. The van der Waals surface area contributed by atoms with Gasteiger partial charge in [0.15, 0.2) is 0 Å². The lowest BCUT2D eigenvalue weighted by Crippen LogP contribution is -2.56. The third kappa shape index (κ3) is 10.9. The summed E-state index contributed by atoms with van der Waals surface area (Å²) < 4.78 is 0. The summed E-state index contributed by atoms with van der Waals surface area (Å²) in [5, 5.41) is 0. The van der Waals surface area contributed by atoms with Gasteiger partial charge < -0.3 is 24.5 Å². The van der Waals surface area contributed by atoms with E-state index in [1.54, 1.807) is 17.9 Å². The van der Waals surface area contributed by atoms with Gasteiger partial charge in [-0.2, -0.15) is 0 Å². The Balaban J connectivity index is 1.23. The van der Waals surface area contributed by atoms with E-state index in [1.165, 1.54) is 16.8 Å². The smallest absolute Gasteiger partial charge is 0.247 e. The van der Waals surface area contributed by atoms with Gasteiger partial charge in [0, 0.05) is 110 Å². The molecule has 2 aliphatic heterocycles.